The summed E-state index contributed by atoms with van der Waals surface area (Å²) >= 11 is 0. The lowest BCUT2D eigenvalue weighted by atomic mass is 10.1. The molecule has 2 aromatic rings. The number of hydrogen-bond donors (Lipinski definition) is 2. The van der Waals surface area contributed by atoms with Crippen LogP contribution in [0.3, 0.4) is 0 Å². The van der Waals surface area contributed by atoms with E-state index >= 15 is 0 Å². The van der Waals surface area contributed by atoms with E-state index in [1.807, 2.05) is 30.3 Å². The lowest BCUT2D eigenvalue weighted by Crippen LogP contribution is -2.20. The van der Waals surface area contributed by atoms with E-state index in [-0.39, 0.29) is 13.4 Å². The van der Waals surface area contributed by atoms with Crippen molar-refractivity contribution in [2.24, 2.45) is 5.73 Å². The Labute approximate surface area is 145 Å². The van der Waals surface area contributed by atoms with Gasteiger partial charge in [0.05, 0.1) is 7.11 Å². The zero-order valence-electron chi connectivity index (χ0n) is 13.9. The third-order valence-corrected chi connectivity index (χ3v) is 3.69. The summed E-state index contributed by atoms with van der Waals surface area (Å²) in [4.78, 5) is 10.8. The first-order valence-corrected chi connectivity index (χ1v) is 7.83. The van der Waals surface area contributed by atoms with Crippen LogP contribution in [0.1, 0.15) is 11.1 Å². The summed E-state index contributed by atoms with van der Waals surface area (Å²) in [6.45, 7) is 1.44. The molecule has 1 aliphatic rings. The van der Waals surface area contributed by atoms with E-state index in [1.165, 1.54) is 0 Å². The number of amides is 1. The lowest BCUT2D eigenvalue weighted by molar-refractivity contribution is -0.119. The van der Waals surface area contributed by atoms with Gasteiger partial charge in [-0.05, 0) is 35.4 Å². The Morgan fingerprint density at radius 1 is 1.08 bits per heavy atom. The molecule has 0 radical (unpaired) electrons. The highest BCUT2D eigenvalue weighted by Gasteiger charge is 2.13. The van der Waals surface area contributed by atoms with E-state index < -0.39 is 5.91 Å². The Morgan fingerprint density at radius 3 is 2.56 bits per heavy atom. The SMILES string of the molecule is COc1cc(CNCc2ccc3c(c2)OCO3)ccc1OCC(N)=O. The molecule has 0 spiro atoms. The first kappa shape index (κ1) is 16.9. The number of methoxy groups -OCH3 is 1. The number of hydrogen-bond acceptors (Lipinski definition) is 6. The van der Waals surface area contributed by atoms with Crippen molar-refractivity contribution in [2.75, 3.05) is 20.5 Å². The predicted octanol–water partition coefficient (Wildman–Crippen LogP) is 1.58. The van der Waals surface area contributed by atoms with Crippen LogP contribution in [0.4, 0.5) is 0 Å². The molecule has 1 amide bonds. The Balaban J connectivity index is 1.56. The Morgan fingerprint density at radius 2 is 1.80 bits per heavy atom. The van der Waals surface area contributed by atoms with Crippen LogP contribution in [0.2, 0.25) is 0 Å². The Kier molecular flexibility index (Phi) is 5.25. The fourth-order valence-electron chi connectivity index (χ4n) is 2.49. The van der Waals surface area contributed by atoms with Gasteiger partial charge in [0.2, 0.25) is 6.79 Å². The van der Waals surface area contributed by atoms with Gasteiger partial charge in [-0.25, -0.2) is 0 Å². The fraction of sp³-hybridized carbons (Fsp3) is 0.278. The minimum absolute atomic E-state index is 0.182. The number of rotatable bonds is 8. The summed E-state index contributed by atoms with van der Waals surface area (Å²) in [5.41, 5.74) is 7.23. The van der Waals surface area contributed by atoms with Crippen LogP contribution in [0.15, 0.2) is 36.4 Å². The smallest absolute Gasteiger partial charge is 0.255 e. The average molecular weight is 344 g/mol. The maximum atomic E-state index is 10.8. The zero-order valence-corrected chi connectivity index (χ0v) is 13.9. The average Bonchev–Trinajstić information content (AvgIpc) is 3.08. The molecule has 2 aromatic carbocycles. The van der Waals surface area contributed by atoms with Crippen LogP contribution in [-0.2, 0) is 17.9 Å². The lowest BCUT2D eigenvalue weighted by Gasteiger charge is -2.12. The Hall–Kier alpha value is -2.93. The molecule has 3 N–H and O–H groups in total. The number of nitrogens with one attached hydrogen (secondary N) is 1. The van der Waals surface area contributed by atoms with Gasteiger partial charge in [-0.1, -0.05) is 12.1 Å². The van der Waals surface area contributed by atoms with Crippen LogP contribution < -0.4 is 30.0 Å². The van der Waals surface area contributed by atoms with Crippen LogP contribution in [-0.4, -0.2) is 26.4 Å². The van der Waals surface area contributed by atoms with Crippen molar-refractivity contribution in [1.29, 1.82) is 0 Å². The summed E-state index contributed by atoms with van der Waals surface area (Å²) in [5, 5.41) is 3.36. The number of carbonyl (C=O) groups is 1. The molecular formula is C18H20N2O5. The topological polar surface area (TPSA) is 92.0 Å². The molecule has 7 nitrogen and oxygen atoms in total. The van der Waals surface area contributed by atoms with Crippen molar-refractivity contribution >= 4 is 5.91 Å². The highest BCUT2D eigenvalue weighted by Crippen LogP contribution is 2.32. The van der Waals surface area contributed by atoms with Gasteiger partial charge in [0.15, 0.2) is 29.6 Å². The molecule has 0 unspecified atom stereocenters. The number of ether oxygens (including phenoxy) is 4. The second-order valence-corrected chi connectivity index (χ2v) is 5.53. The van der Waals surface area contributed by atoms with Gasteiger partial charge >= 0.3 is 0 Å². The van der Waals surface area contributed by atoms with E-state index in [2.05, 4.69) is 5.32 Å². The molecule has 0 atom stereocenters. The predicted molar refractivity (Wildman–Crippen MR) is 90.8 cm³/mol. The molecule has 0 aromatic heterocycles. The summed E-state index contributed by atoms with van der Waals surface area (Å²) in [6.07, 6.45) is 0. The van der Waals surface area contributed by atoms with E-state index in [4.69, 9.17) is 24.7 Å². The molecule has 0 bridgehead atoms. The minimum Gasteiger partial charge on any atom is -0.493 e. The summed E-state index contributed by atoms with van der Waals surface area (Å²) in [5.74, 6) is 2.07. The van der Waals surface area contributed by atoms with Gasteiger partial charge < -0.3 is 30.0 Å². The molecule has 1 aliphatic heterocycles. The van der Waals surface area contributed by atoms with E-state index in [9.17, 15) is 4.79 Å². The third-order valence-electron chi connectivity index (χ3n) is 3.69. The highest BCUT2D eigenvalue weighted by atomic mass is 16.7. The largest absolute Gasteiger partial charge is 0.493 e. The number of primary amides is 1. The van der Waals surface area contributed by atoms with E-state index in [0.29, 0.717) is 24.6 Å². The minimum atomic E-state index is -0.531. The van der Waals surface area contributed by atoms with Crippen LogP contribution in [0.5, 0.6) is 23.0 Å². The molecule has 3 rings (SSSR count). The van der Waals surface area contributed by atoms with Gasteiger partial charge in [0, 0.05) is 13.1 Å². The molecule has 0 saturated carbocycles. The number of carbonyl (C=O) groups excluding carboxylic acids is 1. The monoisotopic (exact) mass is 344 g/mol. The molecule has 132 valence electrons. The molecule has 1 heterocycles. The van der Waals surface area contributed by atoms with Crippen LogP contribution >= 0.6 is 0 Å². The number of fused-ring (bicyclic) bond motifs is 1. The molecule has 7 heteroatoms. The molecule has 0 aliphatic carbocycles. The second kappa shape index (κ2) is 7.76. The highest BCUT2D eigenvalue weighted by molar-refractivity contribution is 5.75. The van der Waals surface area contributed by atoms with Gasteiger partial charge in [-0.3, -0.25) is 4.79 Å². The van der Waals surface area contributed by atoms with Gasteiger partial charge in [0.25, 0.3) is 5.91 Å². The fourth-order valence-corrected chi connectivity index (χ4v) is 2.49. The quantitative estimate of drug-likeness (QED) is 0.755. The second-order valence-electron chi connectivity index (χ2n) is 5.53. The molecule has 25 heavy (non-hydrogen) atoms. The maximum absolute atomic E-state index is 10.8. The van der Waals surface area contributed by atoms with E-state index in [0.717, 1.165) is 22.6 Å². The normalized spacial score (nSPS) is 12.0. The maximum Gasteiger partial charge on any atom is 0.255 e. The van der Waals surface area contributed by atoms with Crippen molar-refractivity contribution in [2.45, 2.75) is 13.1 Å². The third kappa shape index (κ3) is 4.33. The van der Waals surface area contributed by atoms with Gasteiger partial charge in [0.1, 0.15) is 0 Å². The van der Waals surface area contributed by atoms with E-state index in [1.54, 1.807) is 13.2 Å². The van der Waals surface area contributed by atoms with Crippen molar-refractivity contribution in [3.8, 4) is 23.0 Å². The summed E-state index contributed by atoms with van der Waals surface area (Å²) in [6, 6.07) is 11.4. The van der Waals surface area contributed by atoms with Gasteiger partial charge in [-0.15, -0.1) is 0 Å². The molecule has 0 saturated heterocycles. The molecule has 0 fully saturated rings. The zero-order chi connectivity index (χ0) is 17.6. The van der Waals surface area contributed by atoms with Crippen molar-refractivity contribution in [3.63, 3.8) is 0 Å². The van der Waals surface area contributed by atoms with Crippen molar-refractivity contribution in [1.82, 2.24) is 5.32 Å². The standard InChI is InChI=1S/C18H20N2O5/c1-22-16-6-12(2-4-14(16)23-10-18(19)21)8-20-9-13-3-5-15-17(7-13)25-11-24-15/h2-7,20H,8-11H2,1H3,(H2,19,21). The first-order chi connectivity index (χ1) is 12.2. The number of nitrogens with two attached hydrogens (primary N) is 1. The van der Waals surface area contributed by atoms with Crippen LogP contribution in [0.25, 0.3) is 0 Å². The molecular weight excluding hydrogens is 324 g/mol. The Bertz CT molecular complexity index is 763. The first-order valence-electron chi connectivity index (χ1n) is 7.83. The van der Waals surface area contributed by atoms with Crippen LogP contribution in [0, 0.1) is 0 Å². The van der Waals surface area contributed by atoms with Crippen molar-refractivity contribution < 1.29 is 23.7 Å². The van der Waals surface area contributed by atoms with Crippen molar-refractivity contribution in [3.05, 3.63) is 47.5 Å². The summed E-state index contributed by atoms with van der Waals surface area (Å²) in [7, 11) is 1.55. The van der Waals surface area contributed by atoms with Gasteiger partial charge in [-0.2, -0.15) is 0 Å². The number of benzene rings is 2. The summed E-state index contributed by atoms with van der Waals surface area (Å²) < 4.78 is 21.3.